The zero-order valence-corrected chi connectivity index (χ0v) is 17.7. The van der Waals surface area contributed by atoms with Gasteiger partial charge in [0.1, 0.15) is 5.75 Å². The molecule has 1 N–H and O–H groups in total. The number of fused-ring (bicyclic) bond motifs is 1. The van der Waals surface area contributed by atoms with Gasteiger partial charge in [-0.15, -0.1) is 0 Å². The molecule has 0 radical (unpaired) electrons. The summed E-state index contributed by atoms with van der Waals surface area (Å²) in [5.41, 5.74) is 3.96. The van der Waals surface area contributed by atoms with Gasteiger partial charge in [0.05, 0.1) is 6.10 Å². The SMILES string of the molecule is c1ccc(-c2ccccc2CNC2CCC(Oc3ccc4cnccc4c3)CC2)cc1. The summed E-state index contributed by atoms with van der Waals surface area (Å²) in [5.74, 6) is 0.965. The minimum Gasteiger partial charge on any atom is -0.490 e. The van der Waals surface area contributed by atoms with Crippen LogP contribution in [0.3, 0.4) is 0 Å². The molecule has 4 aromatic rings. The maximum absolute atomic E-state index is 6.30. The fourth-order valence-electron chi connectivity index (χ4n) is 4.54. The Morgan fingerprint density at radius 2 is 1.61 bits per heavy atom. The van der Waals surface area contributed by atoms with Crippen molar-refractivity contribution in [1.82, 2.24) is 10.3 Å². The Kier molecular flexibility index (Phi) is 5.94. The van der Waals surface area contributed by atoms with Gasteiger partial charge in [0.2, 0.25) is 0 Å². The molecule has 1 aliphatic carbocycles. The molecule has 0 unspecified atom stereocenters. The third-order valence-corrected chi connectivity index (χ3v) is 6.27. The topological polar surface area (TPSA) is 34.1 Å². The summed E-state index contributed by atoms with van der Waals surface area (Å²) in [6.07, 6.45) is 8.50. The van der Waals surface area contributed by atoms with Gasteiger partial charge in [-0.3, -0.25) is 4.98 Å². The molecule has 31 heavy (non-hydrogen) atoms. The molecule has 1 fully saturated rings. The van der Waals surface area contributed by atoms with Gasteiger partial charge < -0.3 is 10.1 Å². The van der Waals surface area contributed by atoms with E-state index in [-0.39, 0.29) is 0 Å². The standard InChI is InChI=1S/C28H28N2O/c1-2-6-21(7-3-1)28-9-5-4-8-24(28)20-30-25-11-14-26(15-12-25)31-27-13-10-23-19-29-17-16-22(23)18-27/h1-10,13,16-19,25-26,30H,11-12,14-15,20H2. The number of hydrogen-bond acceptors (Lipinski definition) is 3. The van der Waals surface area contributed by atoms with Crippen molar-refractivity contribution in [2.75, 3.05) is 0 Å². The molecule has 1 saturated carbocycles. The highest BCUT2D eigenvalue weighted by Gasteiger charge is 2.22. The first-order chi connectivity index (χ1) is 15.3. The van der Waals surface area contributed by atoms with Crippen LogP contribution in [-0.4, -0.2) is 17.1 Å². The Hall–Kier alpha value is -3.17. The van der Waals surface area contributed by atoms with Gasteiger partial charge in [0, 0.05) is 30.4 Å². The molecule has 3 heteroatoms. The molecule has 0 aliphatic heterocycles. The van der Waals surface area contributed by atoms with E-state index in [9.17, 15) is 0 Å². The predicted molar refractivity (Wildman–Crippen MR) is 127 cm³/mol. The van der Waals surface area contributed by atoms with E-state index in [0.29, 0.717) is 12.1 Å². The van der Waals surface area contributed by atoms with Crippen LogP contribution < -0.4 is 10.1 Å². The van der Waals surface area contributed by atoms with Crippen molar-refractivity contribution in [3.05, 3.63) is 96.8 Å². The first kappa shape index (κ1) is 19.8. The van der Waals surface area contributed by atoms with Crippen LogP contribution in [0.25, 0.3) is 21.9 Å². The first-order valence-corrected chi connectivity index (χ1v) is 11.2. The van der Waals surface area contributed by atoms with Crippen molar-refractivity contribution in [2.45, 2.75) is 44.4 Å². The van der Waals surface area contributed by atoms with Gasteiger partial charge in [-0.05, 0) is 72.0 Å². The molecule has 0 atom stereocenters. The number of ether oxygens (including phenoxy) is 1. The lowest BCUT2D eigenvalue weighted by atomic mass is 9.92. The second-order valence-corrected chi connectivity index (χ2v) is 8.38. The van der Waals surface area contributed by atoms with Gasteiger partial charge >= 0.3 is 0 Å². The maximum atomic E-state index is 6.30. The number of benzene rings is 3. The lowest BCUT2D eigenvalue weighted by Crippen LogP contribution is -2.36. The van der Waals surface area contributed by atoms with E-state index in [1.54, 1.807) is 0 Å². The van der Waals surface area contributed by atoms with E-state index in [2.05, 4.69) is 83.1 Å². The van der Waals surface area contributed by atoms with Gasteiger partial charge in [0.15, 0.2) is 0 Å². The minimum atomic E-state index is 0.300. The third-order valence-electron chi connectivity index (χ3n) is 6.27. The number of nitrogens with zero attached hydrogens (tertiary/aromatic N) is 1. The largest absolute Gasteiger partial charge is 0.490 e. The van der Waals surface area contributed by atoms with E-state index >= 15 is 0 Å². The van der Waals surface area contributed by atoms with Gasteiger partial charge in [-0.1, -0.05) is 54.6 Å². The first-order valence-electron chi connectivity index (χ1n) is 11.2. The smallest absolute Gasteiger partial charge is 0.120 e. The lowest BCUT2D eigenvalue weighted by Gasteiger charge is -2.30. The minimum absolute atomic E-state index is 0.300. The molecule has 0 spiro atoms. The Balaban J connectivity index is 1.16. The molecule has 0 amide bonds. The number of aromatic nitrogens is 1. The van der Waals surface area contributed by atoms with Crippen molar-refractivity contribution in [1.29, 1.82) is 0 Å². The van der Waals surface area contributed by atoms with Crippen LogP contribution in [0, 0.1) is 0 Å². The van der Waals surface area contributed by atoms with E-state index in [1.807, 2.05) is 18.5 Å². The second kappa shape index (κ2) is 9.32. The fourth-order valence-corrected chi connectivity index (χ4v) is 4.54. The van der Waals surface area contributed by atoms with Gasteiger partial charge in [-0.25, -0.2) is 0 Å². The van der Waals surface area contributed by atoms with Crippen LogP contribution in [0.4, 0.5) is 0 Å². The van der Waals surface area contributed by atoms with E-state index < -0.39 is 0 Å². The average molecular weight is 409 g/mol. The van der Waals surface area contributed by atoms with Crippen molar-refractivity contribution >= 4 is 10.8 Å². The highest BCUT2D eigenvalue weighted by molar-refractivity contribution is 5.82. The third kappa shape index (κ3) is 4.78. The number of pyridine rings is 1. The summed E-state index contributed by atoms with van der Waals surface area (Å²) in [4.78, 5) is 4.18. The summed E-state index contributed by atoms with van der Waals surface area (Å²) >= 11 is 0. The monoisotopic (exact) mass is 408 g/mol. The predicted octanol–water partition coefficient (Wildman–Crippen LogP) is 6.38. The zero-order valence-electron chi connectivity index (χ0n) is 17.7. The quantitative estimate of drug-likeness (QED) is 0.402. The van der Waals surface area contributed by atoms with Crippen molar-refractivity contribution < 1.29 is 4.74 Å². The highest BCUT2D eigenvalue weighted by atomic mass is 16.5. The zero-order chi connectivity index (χ0) is 20.9. The van der Waals surface area contributed by atoms with Crippen LogP contribution in [0.5, 0.6) is 5.75 Å². The molecule has 5 rings (SSSR count). The van der Waals surface area contributed by atoms with E-state index in [0.717, 1.165) is 43.4 Å². The van der Waals surface area contributed by atoms with Crippen LogP contribution >= 0.6 is 0 Å². The molecule has 1 aliphatic rings. The Morgan fingerprint density at radius 1 is 0.806 bits per heavy atom. The maximum Gasteiger partial charge on any atom is 0.120 e. The van der Waals surface area contributed by atoms with Gasteiger partial charge in [-0.2, -0.15) is 0 Å². The summed E-state index contributed by atoms with van der Waals surface area (Å²) in [7, 11) is 0. The molecule has 0 bridgehead atoms. The van der Waals surface area contributed by atoms with E-state index in [1.165, 1.54) is 22.1 Å². The highest BCUT2D eigenvalue weighted by Crippen LogP contribution is 2.27. The summed E-state index contributed by atoms with van der Waals surface area (Å²) < 4.78 is 6.30. The summed E-state index contributed by atoms with van der Waals surface area (Å²) in [5, 5.41) is 6.13. The number of rotatable bonds is 6. The van der Waals surface area contributed by atoms with Crippen LogP contribution in [0.15, 0.2) is 91.3 Å². The average Bonchev–Trinajstić information content (AvgIpc) is 2.84. The van der Waals surface area contributed by atoms with Crippen molar-refractivity contribution in [2.24, 2.45) is 0 Å². The molecular formula is C28H28N2O. The molecule has 3 aromatic carbocycles. The summed E-state index contributed by atoms with van der Waals surface area (Å²) in [6.45, 7) is 0.903. The van der Waals surface area contributed by atoms with Crippen LogP contribution in [0.1, 0.15) is 31.2 Å². The van der Waals surface area contributed by atoms with Crippen LogP contribution in [0.2, 0.25) is 0 Å². The van der Waals surface area contributed by atoms with Gasteiger partial charge in [0.25, 0.3) is 0 Å². The molecule has 1 aromatic heterocycles. The van der Waals surface area contributed by atoms with Crippen molar-refractivity contribution in [3.63, 3.8) is 0 Å². The molecule has 156 valence electrons. The summed E-state index contributed by atoms with van der Waals surface area (Å²) in [6, 6.07) is 28.2. The fraction of sp³-hybridized carbons (Fsp3) is 0.250. The van der Waals surface area contributed by atoms with E-state index in [4.69, 9.17) is 4.74 Å². The molecule has 0 saturated heterocycles. The van der Waals surface area contributed by atoms with Crippen molar-refractivity contribution in [3.8, 4) is 16.9 Å². The Labute approximate surface area is 184 Å². The molecular weight excluding hydrogens is 380 g/mol. The lowest BCUT2D eigenvalue weighted by molar-refractivity contribution is 0.139. The normalized spacial score (nSPS) is 18.7. The molecule has 1 heterocycles. The molecule has 3 nitrogen and oxygen atoms in total. The Morgan fingerprint density at radius 3 is 2.48 bits per heavy atom. The second-order valence-electron chi connectivity index (χ2n) is 8.38. The number of hydrogen-bond donors (Lipinski definition) is 1. The van der Waals surface area contributed by atoms with Crippen LogP contribution in [-0.2, 0) is 6.54 Å². The Bertz CT molecular complexity index is 1130. The number of nitrogens with one attached hydrogen (secondary N) is 1.